The molecule has 0 fully saturated rings. The van der Waals surface area contributed by atoms with E-state index in [1.54, 1.807) is 22.1 Å². The fraction of sp³-hybridized carbons (Fsp3) is 0.375. The number of hydrogen-bond acceptors (Lipinski definition) is 3. The highest BCUT2D eigenvalue weighted by molar-refractivity contribution is 7.09. The lowest BCUT2D eigenvalue weighted by Crippen LogP contribution is -2.19. The molecular formula is C16H20ClN3OS. The van der Waals surface area contributed by atoms with Gasteiger partial charge in [0.15, 0.2) is 0 Å². The molecule has 2 aromatic rings. The van der Waals surface area contributed by atoms with Gasteiger partial charge in [-0.05, 0) is 30.9 Å². The van der Waals surface area contributed by atoms with E-state index in [0.717, 1.165) is 35.5 Å². The Bertz CT molecular complexity index is 647. The Kier molecular flexibility index (Phi) is 6.21. The van der Waals surface area contributed by atoms with Gasteiger partial charge in [-0.2, -0.15) is 5.10 Å². The van der Waals surface area contributed by atoms with Crippen molar-refractivity contribution in [1.82, 2.24) is 15.1 Å². The molecule has 4 nitrogen and oxygen atoms in total. The molecule has 22 heavy (non-hydrogen) atoms. The summed E-state index contributed by atoms with van der Waals surface area (Å²) in [6, 6.07) is 3.96. The molecule has 0 aliphatic carbocycles. The van der Waals surface area contributed by atoms with Crippen LogP contribution >= 0.6 is 22.9 Å². The number of nitrogens with zero attached hydrogens (tertiary/aromatic N) is 2. The van der Waals surface area contributed by atoms with Crippen LogP contribution in [0.1, 0.15) is 35.9 Å². The molecule has 0 unspecified atom stereocenters. The number of carbonyl (C=O) groups is 1. The average molecular weight is 338 g/mol. The molecule has 0 bridgehead atoms. The minimum atomic E-state index is -0.134. The van der Waals surface area contributed by atoms with E-state index in [1.807, 2.05) is 24.4 Å². The zero-order valence-corrected chi connectivity index (χ0v) is 14.4. The fourth-order valence-corrected chi connectivity index (χ4v) is 2.98. The lowest BCUT2D eigenvalue weighted by Gasteiger charge is -2.01. The Morgan fingerprint density at radius 3 is 3.05 bits per heavy atom. The number of unbranched alkanes of at least 4 members (excludes halogenated alkanes) is 1. The molecule has 0 radical (unpaired) electrons. The number of amides is 1. The Balaban J connectivity index is 1.97. The van der Waals surface area contributed by atoms with Gasteiger partial charge in [-0.3, -0.25) is 9.48 Å². The third-order valence-corrected chi connectivity index (χ3v) is 4.53. The first-order valence-electron chi connectivity index (χ1n) is 7.33. The van der Waals surface area contributed by atoms with Crippen LogP contribution in [0.4, 0.5) is 0 Å². The highest BCUT2D eigenvalue weighted by Gasteiger charge is 2.10. The summed E-state index contributed by atoms with van der Waals surface area (Å²) in [5.74, 6) is -0.134. The normalized spacial score (nSPS) is 11.2. The highest BCUT2D eigenvalue weighted by Crippen LogP contribution is 2.21. The number of aryl methyl sites for hydroxylation is 2. The van der Waals surface area contributed by atoms with Gasteiger partial charge in [-0.1, -0.05) is 31.0 Å². The van der Waals surface area contributed by atoms with Gasteiger partial charge in [-0.15, -0.1) is 11.3 Å². The zero-order valence-electron chi connectivity index (χ0n) is 12.8. The first kappa shape index (κ1) is 16.8. The van der Waals surface area contributed by atoms with Crippen molar-refractivity contribution in [3.8, 4) is 0 Å². The number of halogens is 1. The summed E-state index contributed by atoms with van der Waals surface area (Å²) < 4.78 is 1.80. The van der Waals surface area contributed by atoms with Gasteiger partial charge < -0.3 is 5.32 Å². The molecule has 0 aromatic carbocycles. The third-order valence-electron chi connectivity index (χ3n) is 3.25. The van der Waals surface area contributed by atoms with Gasteiger partial charge in [0.2, 0.25) is 5.91 Å². The largest absolute Gasteiger partial charge is 0.348 e. The van der Waals surface area contributed by atoms with E-state index in [-0.39, 0.29) is 5.91 Å². The van der Waals surface area contributed by atoms with Crippen LogP contribution in [0, 0.1) is 6.92 Å². The van der Waals surface area contributed by atoms with Gasteiger partial charge in [0, 0.05) is 23.1 Å². The van der Waals surface area contributed by atoms with Gasteiger partial charge in [0.1, 0.15) is 5.15 Å². The minimum Gasteiger partial charge on any atom is -0.348 e. The van der Waals surface area contributed by atoms with Crippen LogP contribution < -0.4 is 5.32 Å². The van der Waals surface area contributed by atoms with E-state index in [4.69, 9.17) is 11.6 Å². The van der Waals surface area contributed by atoms with Crippen molar-refractivity contribution >= 4 is 34.9 Å². The van der Waals surface area contributed by atoms with Gasteiger partial charge in [0.25, 0.3) is 0 Å². The average Bonchev–Trinajstić information content (AvgIpc) is 3.10. The maximum atomic E-state index is 11.8. The van der Waals surface area contributed by atoms with Crippen molar-refractivity contribution in [2.75, 3.05) is 0 Å². The second-order valence-electron chi connectivity index (χ2n) is 5.00. The monoisotopic (exact) mass is 337 g/mol. The fourth-order valence-electron chi connectivity index (χ4n) is 2.02. The van der Waals surface area contributed by atoms with Crippen LogP contribution in [0.2, 0.25) is 5.15 Å². The summed E-state index contributed by atoms with van der Waals surface area (Å²) in [5, 5.41) is 9.85. The number of aromatic nitrogens is 2. The quantitative estimate of drug-likeness (QED) is 0.775. The maximum absolute atomic E-state index is 11.8. The highest BCUT2D eigenvalue weighted by atomic mass is 35.5. The summed E-state index contributed by atoms with van der Waals surface area (Å²) in [6.45, 7) is 5.37. The predicted octanol–water partition coefficient (Wildman–Crippen LogP) is 4.04. The molecule has 2 rings (SSSR count). The summed E-state index contributed by atoms with van der Waals surface area (Å²) in [5.41, 5.74) is 1.65. The standard InChI is InChI=1S/C16H20ClN3OS/c1-3-4-9-20-16(17)14(12(2)19-20)7-8-15(21)18-11-13-6-5-10-22-13/h5-8,10H,3-4,9,11H2,1-2H3,(H,18,21). The molecule has 1 amide bonds. The molecular weight excluding hydrogens is 318 g/mol. The Labute approximate surface area is 139 Å². The van der Waals surface area contributed by atoms with Crippen molar-refractivity contribution in [3.05, 3.63) is 44.9 Å². The van der Waals surface area contributed by atoms with Gasteiger partial charge in [-0.25, -0.2) is 0 Å². The first-order chi connectivity index (χ1) is 10.6. The predicted molar refractivity (Wildman–Crippen MR) is 92.1 cm³/mol. The van der Waals surface area contributed by atoms with Gasteiger partial charge in [0.05, 0.1) is 12.2 Å². The molecule has 6 heteroatoms. The third kappa shape index (κ3) is 4.45. The zero-order chi connectivity index (χ0) is 15.9. The second kappa shape index (κ2) is 8.15. The van der Waals surface area contributed by atoms with E-state index in [2.05, 4.69) is 17.3 Å². The van der Waals surface area contributed by atoms with Crippen molar-refractivity contribution in [2.24, 2.45) is 0 Å². The second-order valence-corrected chi connectivity index (χ2v) is 6.39. The smallest absolute Gasteiger partial charge is 0.244 e. The Hall–Kier alpha value is -1.59. The van der Waals surface area contributed by atoms with Crippen LogP contribution in [0.5, 0.6) is 0 Å². The SMILES string of the molecule is CCCCn1nc(C)c(C=CC(=O)NCc2cccs2)c1Cl. The van der Waals surface area contributed by atoms with Crippen molar-refractivity contribution in [1.29, 1.82) is 0 Å². The molecule has 0 atom stereocenters. The van der Waals surface area contributed by atoms with E-state index < -0.39 is 0 Å². The van der Waals surface area contributed by atoms with Crippen LogP contribution in [0.25, 0.3) is 6.08 Å². The van der Waals surface area contributed by atoms with Crippen LogP contribution in [0.15, 0.2) is 23.6 Å². The van der Waals surface area contributed by atoms with Gasteiger partial charge >= 0.3 is 0 Å². The summed E-state index contributed by atoms with van der Waals surface area (Å²) in [7, 11) is 0. The number of nitrogens with one attached hydrogen (secondary N) is 1. The number of rotatable bonds is 7. The Morgan fingerprint density at radius 2 is 2.36 bits per heavy atom. The lowest BCUT2D eigenvalue weighted by molar-refractivity contribution is -0.116. The van der Waals surface area contributed by atoms with Crippen LogP contribution in [-0.2, 0) is 17.9 Å². The molecule has 0 aliphatic rings. The molecule has 0 aliphatic heterocycles. The van der Waals surface area contributed by atoms with Crippen molar-refractivity contribution in [2.45, 2.75) is 39.8 Å². The maximum Gasteiger partial charge on any atom is 0.244 e. The molecule has 1 N–H and O–H groups in total. The number of carbonyl (C=O) groups excluding carboxylic acids is 1. The lowest BCUT2D eigenvalue weighted by atomic mass is 10.2. The van der Waals surface area contributed by atoms with Crippen LogP contribution in [-0.4, -0.2) is 15.7 Å². The van der Waals surface area contributed by atoms with Crippen molar-refractivity contribution in [3.63, 3.8) is 0 Å². The first-order valence-corrected chi connectivity index (χ1v) is 8.58. The molecule has 0 saturated heterocycles. The summed E-state index contributed by atoms with van der Waals surface area (Å²) in [6.07, 6.45) is 5.36. The number of thiophene rings is 1. The topological polar surface area (TPSA) is 46.9 Å². The van der Waals surface area contributed by atoms with E-state index in [0.29, 0.717) is 11.7 Å². The minimum absolute atomic E-state index is 0.134. The Morgan fingerprint density at radius 1 is 1.55 bits per heavy atom. The molecule has 118 valence electrons. The van der Waals surface area contributed by atoms with Crippen molar-refractivity contribution < 1.29 is 4.79 Å². The summed E-state index contributed by atoms with van der Waals surface area (Å²) in [4.78, 5) is 13.0. The number of hydrogen-bond donors (Lipinski definition) is 1. The molecule has 2 heterocycles. The molecule has 2 aromatic heterocycles. The van der Waals surface area contributed by atoms with E-state index >= 15 is 0 Å². The molecule has 0 saturated carbocycles. The van der Waals surface area contributed by atoms with Crippen LogP contribution in [0.3, 0.4) is 0 Å². The summed E-state index contributed by atoms with van der Waals surface area (Å²) >= 11 is 7.95. The van der Waals surface area contributed by atoms with E-state index in [1.165, 1.54) is 6.08 Å². The van der Waals surface area contributed by atoms with E-state index in [9.17, 15) is 4.79 Å². The molecule has 0 spiro atoms.